The van der Waals surface area contributed by atoms with Gasteiger partial charge in [-0.1, -0.05) is 19.3 Å². The first-order chi connectivity index (χ1) is 13.0. The molecule has 27 heavy (non-hydrogen) atoms. The summed E-state index contributed by atoms with van der Waals surface area (Å²) in [5.74, 6) is 3.38. The van der Waals surface area contributed by atoms with E-state index < -0.39 is 5.79 Å². The zero-order chi connectivity index (χ0) is 19.1. The van der Waals surface area contributed by atoms with Gasteiger partial charge in [0.1, 0.15) is 12.7 Å². The number of halogens is 1. The molecule has 0 amide bonds. The normalized spacial score (nSPS) is 38.4. The topological polar surface area (TPSA) is 27.7 Å². The molecule has 4 saturated carbocycles. The van der Waals surface area contributed by atoms with E-state index >= 15 is 0 Å². The average molecular weight is 442 g/mol. The van der Waals surface area contributed by atoms with Crippen molar-refractivity contribution < 1.29 is 31.5 Å². The standard InChI is InChI=1S/C22H29O3.ClH.Zn/c1-21(2)24-14-18(25-21)13-23-20-6-4-3-5-19(20)22-10-15-7-16(11-22)9-17(8-15)12-22;;/h4-6,15-18H,7-14H2,1-2H3;1H;/q-1;;+2/p-1. The van der Waals surface area contributed by atoms with Gasteiger partial charge in [-0.05, 0) is 56.3 Å². The summed E-state index contributed by atoms with van der Waals surface area (Å²) in [5, 5.41) is 0. The molecule has 1 unspecified atom stereocenters. The van der Waals surface area contributed by atoms with Crippen molar-refractivity contribution in [1.29, 1.82) is 0 Å². The van der Waals surface area contributed by atoms with E-state index in [9.17, 15) is 0 Å². The van der Waals surface area contributed by atoms with Crippen molar-refractivity contribution in [2.24, 2.45) is 17.8 Å². The van der Waals surface area contributed by atoms with E-state index in [2.05, 4.69) is 18.2 Å². The number of benzene rings is 1. The molecule has 4 bridgehead atoms. The molecular weight excluding hydrogens is 413 g/mol. The second kappa shape index (κ2) is 7.94. The minimum absolute atomic E-state index is 0.0170. The first-order valence-corrected chi connectivity index (χ1v) is 14.1. The Labute approximate surface area is 177 Å². The third kappa shape index (κ3) is 4.11. The van der Waals surface area contributed by atoms with Gasteiger partial charge in [0.15, 0.2) is 5.79 Å². The predicted octanol–water partition coefficient (Wildman–Crippen LogP) is 5.17. The van der Waals surface area contributed by atoms with Crippen molar-refractivity contribution in [3.8, 4) is 5.75 Å². The summed E-state index contributed by atoms with van der Waals surface area (Å²) in [6, 6.07) is 9.63. The maximum atomic E-state index is 6.28. The number of rotatable bonds is 4. The van der Waals surface area contributed by atoms with Gasteiger partial charge in [0.2, 0.25) is 0 Å². The van der Waals surface area contributed by atoms with Crippen LogP contribution in [0.3, 0.4) is 0 Å². The van der Waals surface area contributed by atoms with E-state index in [4.69, 9.17) is 23.9 Å². The van der Waals surface area contributed by atoms with Crippen LogP contribution >= 0.6 is 9.69 Å². The second-order valence-corrected chi connectivity index (χ2v) is 9.38. The number of ether oxygens (including phenoxy) is 3. The Morgan fingerprint density at radius 2 is 1.78 bits per heavy atom. The molecule has 3 nitrogen and oxygen atoms in total. The van der Waals surface area contributed by atoms with Crippen LogP contribution in [0.2, 0.25) is 0 Å². The first kappa shape index (κ1) is 20.1. The van der Waals surface area contributed by atoms with Gasteiger partial charge in [0, 0.05) is 5.75 Å². The zero-order valence-corrected chi connectivity index (χ0v) is 20.2. The van der Waals surface area contributed by atoms with Crippen molar-refractivity contribution in [2.75, 3.05) is 13.2 Å². The van der Waals surface area contributed by atoms with Gasteiger partial charge in [-0.25, -0.2) is 0 Å². The van der Waals surface area contributed by atoms with Crippen molar-refractivity contribution in [3.05, 3.63) is 29.8 Å². The molecule has 1 saturated heterocycles. The van der Waals surface area contributed by atoms with Crippen LogP contribution < -0.4 is 4.74 Å². The van der Waals surface area contributed by atoms with Crippen LogP contribution in [-0.4, -0.2) is 25.1 Å². The fourth-order valence-electron chi connectivity index (χ4n) is 6.42. The van der Waals surface area contributed by atoms with Crippen LogP contribution in [0.5, 0.6) is 5.75 Å². The van der Waals surface area contributed by atoms with Gasteiger partial charge in [-0.3, -0.25) is 0 Å². The maximum absolute atomic E-state index is 6.28. The van der Waals surface area contributed by atoms with Crippen LogP contribution in [0.1, 0.15) is 57.9 Å². The third-order valence-corrected chi connectivity index (χ3v) is 6.93. The fraction of sp³-hybridized carbons (Fsp3) is 0.727. The molecule has 144 valence electrons. The Hall–Kier alpha value is -0.147. The molecule has 1 aromatic carbocycles. The summed E-state index contributed by atoms with van der Waals surface area (Å²) in [4.78, 5) is 0. The number of hydrogen-bond donors (Lipinski definition) is 0. The predicted molar refractivity (Wildman–Crippen MR) is 101 cm³/mol. The van der Waals surface area contributed by atoms with Crippen LogP contribution in [0, 0.1) is 23.8 Å². The van der Waals surface area contributed by atoms with Gasteiger partial charge in [0.05, 0.1) is 6.61 Å². The van der Waals surface area contributed by atoms with Crippen LogP contribution in [0.25, 0.3) is 0 Å². The zero-order valence-electron chi connectivity index (χ0n) is 16.5. The molecule has 1 aromatic rings. The van der Waals surface area contributed by atoms with Crippen LogP contribution in [0.15, 0.2) is 18.2 Å². The summed E-state index contributed by atoms with van der Waals surface area (Å²) in [6.07, 6.45) is 8.47. The van der Waals surface area contributed by atoms with Crippen molar-refractivity contribution in [3.63, 3.8) is 0 Å². The first-order valence-electron chi connectivity index (χ1n) is 10.2. The Morgan fingerprint density at radius 1 is 1.15 bits per heavy atom. The molecule has 5 heteroatoms. The molecule has 6 rings (SSSR count). The van der Waals surface area contributed by atoms with Gasteiger partial charge in [-0.2, -0.15) is 18.2 Å². The van der Waals surface area contributed by atoms with E-state index in [1.165, 1.54) is 44.1 Å². The fourth-order valence-corrected chi connectivity index (χ4v) is 6.42. The van der Waals surface area contributed by atoms with Gasteiger partial charge < -0.3 is 14.2 Å². The average Bonchev–Trinajstić information content (AvgIpc) is 3.00. The molecule has 0 spiro atoms. The number of hydrogen-bond acceptors (Lipinski definition) is 3. The molecule has 5 aliphatic rings. The van der Waals surface area contributed by atoms with Gasteiger partial charge in [0.25, 0.3) is 0 Å². The SMILES string of the molecule is CC1(C)OCC(COc2cc[c-]cc2C23CC4CC(CC(C4)C2)C3)O1.[Cl][Zn+]. The Bertz CT molecular complexity index is 627. The second-order valence-electron chi connectivity index (χ2n) is 9.38. The van der Waals surface area contributed by atoms with Crippen molar-refractivity contribution in [2.45, 2.75) is 69.7 Å². The molecule has 0 radical (unpaired) electrons. The summed E-state index contributed by atoms with van der Waals surface area (Å²) in [6.45, 7) is 5.10. The summed E-state index contributed by atoms with van der Waals surface area (Å²) < 4.78 is 17.8. The molecule has 0 N–H and O–H groups in total. The van der Waals surface area contributed by atoms with E-state index in [-0.39, 0.29) is 6.10 Å². The van der Waals surface area contributed by atoms with Crippen LogP contribution in [-0.2, 0) is 32.2 Å². The molecule has 1 atom stereocenters. The van der Waals surface area contributed by atoms with Gasteiger partial charge >= 0.3 is 27.0 Å². The van der Waals surface area contributed by atoms with E-state index in [1.54, 1.807) is 0 Å². The quantitative estimate of drug-likeness (QED) is 0.476. The van der Waals surface area contributed by atoms with E-state index in [0.29, 0.717) is 18.6 Å². The van der Waals surface area contributed by atoms with Crippen molar-refractivity contribution in [1.82, 2.24) is 0 Å². The van der Waals surface area contributed by atoms with Gasteiger partial charge in [-0.15, -0.1) is 11.6 Å². The molecular formula is C22H29ClO3Zn. The Kier molecular flexibility index (Phi) is 5.92. The Morgan fingerprint density at radius 3 is 2.33 bits per heavy atom. The molecule has 4 aliphatic carbocycles. The molecule has 0 aromatic heterocycles. The van der Waals surface area contributed by atoms with E-state index in [0.717, 1.165) is 40.8 Å². The molecule has 1 aliphatic heterocycles. The molecule has 1 heterocycles. The molecule has 5 fully saturated rings. The Balaban J connectivity index is 0.000000872. The van der Waals surface area contributed by atoms with E-state index in [1.807, 2.05) is 19.9 Å². The van der Waals surface area contributed by atoms with Crippen molar-refractivity contribution >= 4 is 9.69 Å². The third-order valence-electron chi connectivity index (χ3n) is 6.93. The minimum atomic E-state index is -0.485. The summed E-state index contributed by atoms with van der Waals surface area (Å²) in [5.41, 5.74) is 1.75. The summed E-state index contributed by atoms with van der Waals surface area (Å²) >= 11 is 0.847. The van der Waals surface area contributed by atoms with Crippen LogP contribution in [0.4, 0.5) is 0 Å². The monoisotopic (exact) mass is 440 g/mol. The summed E-state index contributed by atoms with van der Waals surface area (Å²) in [7, 11) is 4.76.